The summed E-state index contributed by atoms with van der Waals surface area (Å²) in [4.78, 5) is 0. The van der Waals surface area contributed by atoms with Crippen LogP contribution in [-0.2, 0) is 4.74 Å². The van der Waals surface area contributed by atoms with Crippen LogP contribution in [-0.4, -0.2) is 12.7 Å². The highest BCUT2D eigenvalue weighted by Crippen LogP contribution is 2.20. The van der Waals surface area contributed by atoms with Gasteiger partial charge in [0.25, 0.3) is 0 Å². The topological polar surface area (TPSA) is 9.23 Å². The molecule has 82 valence electrons. The maximum Gasteiger partial charge on any atom is 0.0927 e. The Labute approximate surface area is 97.1 Å². The van der Waals surface area contributed by atoms with E-state index in [-0.39, 0.29) is 6.10 Å². The van der Waals surface area contributed by atoms with Crippen LogP contribution in [0.4, 0.5) is 0 Å². The molecule has 0 aromatic heterocycles. The summed E-state index contributed by atoms with van der Waals surface area (Å²) in [5.74, 6) is 6.87. The Morgan fingerprint density at radius 3 is 2.62 bits per heavy atom. The Kier molecular flexibility index (Phi) is 3.44. The normalized spacial score (nSPS) is 19.2. The van der Waals surface area contributed by atoms with E-state index >= 15 is 0 Å². The van der Waals surface area contributed by atoms with Gasteiger partial charge in [0.1, 0.15) is 0 Å². The molecule has 0 N–H and O–H groups in total. The minimum atomic E-state index is 0.177. The van der Waals surface area contributed by atoms with Crippen LogP contribution in [0.5, 0.6) is 0 Å². The second kappa shape index (κ2) is 5.01. The van der Waals surface area contributed by atoms with Gasteiger partial charge in [-0.2, -0.15) is 0 Å². The summed E-state index contributed by atoms with van der Waals surface area (Å²) in [6, 6.07) is 10.1. The zero-order valence-corrected chi connectivity index (χ0v) is 9.73. The standard InChI is InChI=1S/C15H16O/c1-12(2)15-14(10-11-16-15)9-8-13-6-4-3-5-7-13/h3-7,10,12,15H,11H2,1-2H3. The Bertz CT molecular complexity index is 431. The summed E-state index contributed by atoms with van der Waals surface area (Å²) >= 11 is 0. The molecule has 1 aliphatic rings. The second-order valence-electron chi connectivity index (χ2n) is 4.27. The van der Waals surface area contributed by atoms with Crippen molar-refractivity contribution in [2.75, 3.05) is 6.61 Å². The molecule has 0 aliphatic carbocycles. The van der Waals surface area contributed by atoms with E-state index < -0.39 is 0 Å². The van der Waals surface area contributed by atoms with E-state index in [9.17, 15) is 0 Å². The van der Waals surface area contributed by atoms with Crippen LogP contribution < -0.4 is 0 Å². The number of hydrogen-bond donors (Lipinski definition) is 0. The molecule has 0 saturated heterocycles. The first-order chi connectivity index (χ1) is 7.77. The third kappa shape index (κ3) is 2.53. The third-order valence-corrected chi connectivity index (χ3v) is 2.62. The van der Waals surface area contributed by atoms with Crippen LogP contribution in [0.15, 0.2) is 42.0 Å². The summed E-state index contributed by atoms with van der Waals surface area (Å²) in [5.41, 5.74) is 2.18. The van der Waals surface area contributed by atoms with Gasteiger partial charge in [0.15, 0.2) is 0 Å². The summed E-state index contributed by atoms with van der Waals surface area (Å²) in [6.45, 7) is 5.02. The van der Waals surface area contributed by atoms with Gasteiger partial charge in [0, 0.05) is 11.1 Å². The maximum atomic E-state index is 5.62. The first kappa shape index (κ1) is 11.0. The largest absolute Gasteiger partial charge is 0.369 e. The van der Waals surface area contributed by atoms with E-state index in [1.165, 1.54) is 0 Å². The molecule has 1 heterocycles. The van der Waals surface area contributed by atoms with Gasteiger partial charge in [0.2, 0.25) is 0 Å². The summed E-state index contributed by atoms with van der Waals surface area (Å²) < 4.78 is 5.62. The number of hydrogen-bond acceptors (Lipinski definition) is 1. The molecule has 1 aliphatic heterocycles. The third-order valence-electron chi connectivity index (χ3n) is 2.62. The molecule has 0 saturated carbocycles. The van der Waals surface area contributed by atoms with Gasteiger partial charge in [-0.05, 0) is 24.1 Å². The average Bonchev–Trinajstić information content (AvgIpc) is 2.76. The zero-order chi connectivity index (χ0) is 11.4. The van der Waals surface area contributed by atoms with Gasteiger partial charge < -0.3 is 4.74 Å². The summed E-state index contributed by atoms with van der Waals surface area (Å²) in [6.07, 6.45) is 2.26. The molecule has 1 atom stereocenters. The van der Waals surface area contributed by atoms with E-state index in [1.807, 2.05) is 30.3 Å². The van der Waals surface area contributed by atoms with Crippen LogP contribution >= 0.6 is 0 Å². The first-order valence-corrected chi connectivity index (χ1v) is 5.66. The fourth-order valence-corrected chi connectivity index (χ4v) is 1.79. The Morgan fingerprint density at radius 1 is 1.19 bits per heavy atom. The van der Waals surface area contributed by atoms with E-state index in [0.29, 0.717) is 12.5 Å². The molecular formula is C15H16O. The van der Waals surface area contributed by atoms with Crippen molar-refractivity contribution < 1.29 is 4.74 Å². The molecule has 1 aromatic rings. The quantitative estimate of drug-likeness (QED) is 0.650. The van der Waals surface area contributed by atoms with Crippen molar-refractivity contribution in [1.29, 1.82) is 0 Å². The van der Waals surface area contributed by atoms with Gasteiger partial charge in [-0.15, -0.1) is 0 Å². The van der Waals surface area contributed by atoms with Crippen molar-refractivity contribution in [2.24, 2.45) is 5.92 Å². The molecule has 1 nitrogen and oxygen atoms in total. The number of rotatable bonds is 1. The maximum absolute atomic E-state index is 5.62. The minimum Gasteiger partial charge on any atom is -0.369 e. The van der Waals surface area contributed by atoms with Crippen molar-refractivity contribution >= 4 is 0 Å². The van der Waals surface area contributed by atoms with Crippen molar-refractivity contribution in [2.45, 2.75) is 20.0 Å². The van der Waals surface area contributed by atoms with Gasteiger partial charge in [0.05, 0.1) is 12.7 Å². The predicted octanol–water partition coefficient (Wildman–Crippen LogP) is 3.02. The molecule has 0 spiro atoms. The fourth-order valence-electron chi connectivity index (χ4n) is 1.79. The van der Waals surface area contributed by atoms with E-state index in [4.69, 9.17) is 4.74 Å². The SMILES string of the molecule is CC(C)C1OCC=C1C#Cc1ccccc1. The summed E-state index contributed by atoms with van der Waals surface area (Å²) in [7, 11) is 0. The van der Waals surface area contributed by atoms with Gasteiger partial charge in [-0.1, -0.05) is 43.9 Å². The fraction of sp³-hybridized carbons (Fsp3) is 0.333. The lowest BCUT2D eigenvalue weighted by molar-refractivity contribution is 0.0896. The van der Waals surface area contributed by atoms with E-state index in [2.05, 4.69) is 31.8 Å². The minimum absolute atomic E-state index is 0.177. The molecule has 0 amide bonds. The number of ether oxygens (including phenoxy) is 1. The molecular weight excluding hydrogens is 196 g/mol. The molecule has 2 rings (SSSR count). The molecule has 1 unspecified atom stereocenters. The lowest BCUT2D eigenvalue weighted by atomic mass is 10.0. The first-order valence-electron chi connectivity index (χ1n) is 5.66. The Balaban J connectivity index is 2.14. The molecule has 1 heteroatoms. The molecule has 0 fully saturated rings. The van der Waals surface area contributed by atoms with Crippen LogP contribution in [0.1, 0.15) is 19.4 Å². The van der Waals surface area contributed by atoms with Gasteiger partial charge in [-0.3, -0.25) is 0 Å². The molecule has 0 bridgehead atoms. The average molecular weight is 212 g/mol. The lowest BCUT2D eigenvalue weighted by Gasteiger charge is -2.14. The second-order valence-corrected chi connectivity index (χ2v) is 4.27. The highest BCUT2D eigenvalue weighted by molar-refractivity contribution is 5.43. The van der Waals surface area contributed by atoms with Crippen LogP contribution in [0, 0.1) is 17.8 Å². The molecule has 16 heavy (non-hydrogen) atoms. The smallest absolute Gasteiger partial charge is 0.0927 e. The van der Waals surface area contributed by atoms with Crippen LogP contribution in [0.3, 0.4) is 0 Å². The van der Waals surface area contributed by atoms with Crippen LogP contribution in [0.25, 0.3) is 0 Å². The number of benzene rings is 1. The zero-order valence-electron chi connectivity index (χ0n) is 9.73. The van der Waals surface area contributed by atoms with Crippen LogP contribution in [0.2, 0.25) is 0 Å². The van der Waals surface area contributed by atoms with E-state index in [0.717, 1.165) is 11.1 Å². The van der Waals surface area contributed by atoms with Crippen molar-refractivity contribution in [1.82, 2.24) is 0 Å². The van der Waals surface area contributed by atoms with Crippen molar-refractivity contribution in [3.63, 3.8) is 0 Å². The van der Waals surface area contributed by atoms with Crippen molar-refractivity contribution in [3.8, 4) is 11.8 Å². The van der Waals surface area contributed by atoms with Gasteiger partial charge >= 0.3 is 0 Å². The highest BCUT2D eigenvalue weighted by Gasteiger charge is 2.21. The monoisotopic (exact) mass is 212 g/mol. The molecule has 0 radical (unpaired) electrons. The predicted molar refractivity (Wildman–Crippen MR) is 66.0 cm³/mol. The Morgan fingerprint density at radius 2 is 1.94 bits per heavy atom. The highest BCUT2D eigenvalue weighted by atomic mass is 16.5. The Hall–Kier alpha value is -1.52. The lowest BCUT2D eigenvalue weighted by Crippen LogP contribution is -2.16. The molecule has 1 aromatic carbocycles. The summed E-state index contributed by atoms with van der Waals surface area (Å²) in [5, 5.41) is 0. The van der Waals surface area contributed by atoms with Gasteiger partial charge in [-0.25, -0.2) is 0 Å². The van der Waals surface area contributed by atoms with E-state index in [1.54, 1.807) is 0 Å². The van der Waals surface area contributed by atoms with Crippen molar-refractivity contribution in [3.05, 3.63) is 47.5 Å².